The fourth-order valence-electron chi connectivity index (χ4n) is 1.56. The summed E-state index contributed by atoms with van der Waals surface area (Å²) in [7, 11) is 1.53. The third-order valence-corrected chi connectivity index (χ3v) is 2.63. The Bertz CT molecular complexity index is 503. The van der Waals surface area contributed by atoms with Crippen molar-refractivity contribution >= 4 is 17.7 Å². The molecule has 0 saturated carbocycles. The third kappa shape index (κ3) is 3.27. The first-order chi connectivity index (χ1) is 9.06. The van der Waals surface area contributed by atoms with Crippen molar-refractivity contribution in [1.82, 2.24) is 4.90 Å². The first-order valence-corrected chi connectivity index (χ1v) is 5.70. The fraction of sp³-hybridized carbons (Fsp3) is 0.333. The molecule has 0 bridgehead atoms. The van der Waals surface area contributed by atoms with Crippen LogP contribution in [-0.4, -0.2) is 42.4 Å². The van der Waals surface area contributed by atoms with E-state index in [2.05, 4.69) is 5.32 Å². The molecule has 0 aromatic heterocycles. The number of nitrogens with one attached hydrogen (secondary N) is 1. The number of urea groups is 1. The summed E-state index contributed by atoms with van der Waals surface area (Å²) in [4.78, 5) is 23.5. The second-order valence-corrected chi connectivity index (χ2v) is 4.06. The number of carbonyl (C=O) groups excluding carboxylic acids is 1. The van der Waals surface area contributed by atoms with E-state index in [0.717, 1.165) is 0 Å². The van der Waals surface area contributed by atoms with Gasteiger partial charge in [-0.25, -0.2) is 4.79 Å². The number of hydrogen-bond donors (Lipinski definition) is 2. The second kappa shape index (κ2) is 5.47. The number of aliphatic carboxylic acids is 1. The third-order valence-electron chi connectivity index (χ3n) is 2.63. The number of carbonyl (C=O) groups is 2. The van der Waals surface area contributed by atoms with E-state index >= 15 is 0 Å². The zero-order chi connectivity index (χ0) is 13.8. The zero-order valence-electron chi connectivity index (χ0n) is 10.4. The van der Waals surface area contributed by atoms with E-state index in [4.69, 9.17) is 14.6 Å². The predicted molar refractivity (Wildman–Crippen MR) is 66.5 cm³/mol. The summed E-state index contributed by atoms with van der Waals surface area (Å²) in [6.45, 7) is 0.316. The van der Waals surface area contributed by atoms with E-state index in [1.165, 1.54) is 11.9 Å². The summed E-state index contributed by atoms with van der Waals surface area (Å²) in [5, 5.41) is 11.2. The minimum Gasteiger partial charge on any atom is -0.481 e. The number of benzene rings is 1. The van der Waals surface area contributed by atoms with Crippen LogP contribution in [0.5, 0.6) is 11.5 Å². The molecular formula is C12H14N2O5. The number of fused-ring (bicyclic) bond motifs is 1. The highest BCUT2D eigenvalue weighted by Crippen LogP contribution is 2.34. The molecule has 2 rings (SSSR count). The Morgan fingerprint density at radius 2 is 2.11 bits per heavy atom. The van der Waals surface area contributed by atoms with Crippen LogP contribution in [0.1, 0.15) is 6.42 Å². The molecule has 1 aliphatic heterocycles. The molecule has 0 radical (unpaired) electrons. The first kappa shape index (κ1) is 13.0. The average Bonchev–Trinajstić information content (AvgIpc) is 2.83. The maximum Gasteiger partial charge on any atom is 0.321 e. The van der Waals surface area contributed by atoms with Crippen molar-refractivity contribution < 1.29 is 24.2 Å². The van der Waals surface area contributed by atoms with Gasteiger partial charge in [-0.3, -0.25) is 4.79 Å². The molecule has 1 aromatic rings. The Morgan fingerprint density at radius 3 is 2.84 bits per heavy atom. The first-order valence-electron chi connectivity index (χ1n) is 5.70. The van der Waals surface area contributed by atoms with Gasteiger partial charge < -0.3 is 24.8 Å². The van der Waals surface area contributed by atoms with E-state index in [1.54, 1.807) is 18.2 Å². The Balaban J connectivity index is 1.93. The standard InChI is InChI=1S/C12H14N2O5/c1-14(5-4-11(15)16)12(17)13-8-2-3-9-10(6-8)19-7-18-9/h2-3,6H,4-5,7H2,1H3,(H,13,17)(H,15,16). The quantitative estimate of drug-likeness (QED) is 0.858. The van der Waals surface area contributed by atoms with Gasteiger partial charge in [0.25, 0.3) is 0 Å². The van der Waals surface area contributed by atoms with Crippen molar-refractivity contribution in [2.75, 3.05) is 25.7 Å². The van der Waals surface area contributed by atoms with Crippen LogP contribution in [-0.2, 0) is 4.79 Å². The van der Waals surface area contributed by atoms with Crippen molar-refractivity contribution in [2.24, 2.45) is 0 Å². The Morgan fingerprint density at radius 1 is 1.37 bits per heavy atom. The largest absolute Gasteiger partial charge is 0.481 e. The fourth-order valence-corrected chi connectivity index (χ4v) is 1.56. The molecule has 7 heteroatoms. The van der Waals surface area contributed by atoms with Crippen molar-refractivity contribution in [3.63, 3.8) is 0 Å². The molecule has 0 unspecified atom stereocenters. The van der Waals surface area contributed by atoms with Crippen LogP contribution < -0.4 is 14.8 Å². The van der Waals surface area contributed by atoms with Gasteiger partial charge in [-0.1, -0.05) is 0 Å². The van der Waals surface area contributed by atoms with Gasteiger partial charge >= 0.3 is 12.0 Å². The van der Waals surface area contributed by atoms with Gasteiger partial charge in [-0.2, -0.15) is 0 Å². The summed E-state index contributed by atoms with van der Waals surface area (Å²) in [5.74, 6) is 0.269. The molecular weight excluding hydrogens is 252 g/mol. The van der Waals surface area contributed by atoms with Gasteiger partial charge in [-0.05, 0) is 12.1 Å². The highest BCUT2D eigenvalue weighted by Gasteiger charge is 2.15. The van der Waals surface area contributed by atoms with Crippen molar-refractivity contribution in [1.29, 1.82) is 0 Å². The lowest BCUT2D eigenvalue weighted by Crippen LogP contribution is -2.33. The van der Waals surface area contributed by atoms with Gasteiger partial charge in [-0.15, -0.1) is 0 Å². The van der Waals surface area contributed by atoms with Gasteiger partial charge in [0.15, 0.2) is 11.5 Å². The highest BCUT2D eigenvalue weighted by molar-refractivity contribution is 5.89. The van der Waals surface area contributed by atoms with Crippen LogP contribution in [0.4, 0.5) is 10.5 Å². The average molecular weight is 266 g/mol. The van der Waals surface area contributed by atoms with Crippen LogP contribution in [0, 0.1) is 0 Å². The molecule has 1 aliphatic rings. The van der Waals surface area contributed by atoms with Gasteiger partial charge in [0.1, 0.15) is 0 Å². The summed E-state index contributed by atoms with van der Waals surface area (Å²) in [6.07, 6.45) is -0.0922. The molecule has 19 heavy (non-hydrogen) atoms. The minimum atomic E-state index is -0.942. The van der Waals surface area contributed by atoms with Gasteiger partial charge in [0, 0.05) is 25.3 Å². The maximum atomic E-state index is 11.8. The number of carboxylic acids is 1. The lowest BCUT2D eigenvalue weighted by atomic mass is 10.3. The monoisotopic (exact) mass is 266 g/mol. The van der Waals surface area contributed by atoms with E-state index in [0.29, 0.717) is 17.2 Å². The molecule has 102 valence electrons. The number of carboxylic acid groups (broad SMARTS) is 1. The Labute approximate surface area is 109 Å². The van der Waals surface area contributed by atoms with Crippen molar-refractivity contribution in [3.8, 4) is 11.5 Å². The summed E-state index contributed by atoms with van der Waals surface area (Å²) < 4.78 is 10.4. The van der Waals surface area contributed by atoms with E-state index in [1.807, 2.05) is 0 Å². The number of anilines is 1. The molecule has 1 heterocycles. The summed E-state index contributed by atoms with van der Waals surface area (Å²) in [6, 6.07) is 4.68. The zero-order valence-corrected chi connectivity index (χ0v) is 10.4. The van der Waals surface area contributed by atoms with Crippen LogP contribution in [0.15, 0.2) is 18.2 Å². The van der Waals surface area contributed by atoms with Crippen LogP contribution in [0.25, 0.3) is 0 Å². The lowest BCUT2D eigenvalue weighted by molar-refractivity contribution is -0.137. The molecule has 0 fully saturated rings. The van der Waals surface area contributed by atoms with Crippen molar-refractivity contribution in [3.05, 3.63) is 18.2 Å². The molecule has 0 atom stereocenters. The molecule has 0 aliphatic carbocycles. The molecule has 2 amide bonds. The van der Waals surface area contributed by atoms with Gasteiger partial charge in [0.2, 0.25) is 6.79 Å². The van der Waals surface area contributed by atoms with E-state index in [9.17, 15) is 9.59 Å². The summed E-state index contributed by atoms with van der Waals surface area (Å²) in [5.41, 5.74) is 0.566. The molecule has 0 saturated heterocycles. The van der Waals surface area contributed by atoms with Crippen molar-refractivity contribution in [2.45, 2.75) is 6.42 Å². The smallest absolute Gasteiger partial charge is 0.321 e. The molecule has 7 nitrogen and oxygen atoms in total. The SMILES string of the molecule is CN(CCC(=O)O)C(=O)Nc1ccc2c(c1)OCO2. The predicted octanol–water partition coefficient (Wildman–Crippen LogP) is 1.35. The number of hydrogen-bond acceptors (Lipinski definition) is 4. The van der Waals surface area contributed by atoms with Crippen LogP contribution >= 0.6 is 0 Å². The highest BCUT2D eigenvalue weighted by atomic mass is 16.7. The van der Waals surface area contributed by atoms with Gasteiger partial charge in [0.05, 0.1) is 6.42 Å². The number of ether oxygens (including phenoxy) is 2. The Kier molecular flexibility index (Phi) is 3.74. The molecule has 2 N–H and O–H groups in total. The number of nitrogens with zero attached hydrogens (tertiary/aromatic N) is 1. The summed E-state index contributed by atoms with van der Waals surface area (Å²) >= 11 is 0. The number of amides is 2. The molecule has 0 spiro atoms. The maximum absolute atomic E-state index is 11.8. The normalized spacial score (nSPS) is 12.1. The van der Waals surface area contributed by atoms with E-state index < -0.39 is 5.97 Å². The second-order valence-electron chi connectivity index (χ2n) is 4.06. The molecule has 1 aromatic carbocycles. The van der Waals surface area contributed by atoms with Crippen LogP contribution in [0.2, 0.25) is 0 Å². The minimum absolute atomic E-state index is 0.0922. The Hall–Kier alpha value is -2.44. The van der Waals surface area contributed by atoms with Crippen LogP contribution in [0.3, 0.4) is 0 Å². The topological polar surface area (TPSA) is 88.1 Å². The van der Waals surface area contributed by atoms with E-state index in [-0.39, 0.29) is 25.8 Å². The lowest BCUT2D eigenvalue weighted by Gasteiger charge is -2.17. The number of rotatable bonds is 4.